The van der Waals surface area contributed by atoms with E-state index < -0.39 is 5.97 Å². The molecule has 0 saturated carbocycles. The van der Waals surface area contributed by atoms with Crippen LogP contribution in [0.15, 0.2) is 12.2 Å². The van der Waals surface area contributed by atoms with Crippen molar-refractivity contribution < 1.29 is 14.3 Å². The van der Waals surface area contributed by atoms with E-state index in [0.29, 0.717) is 6.29 Å². The van der Waals surface area contributed by atoms with Crippen molar-refractivity contribution in [2.24, 2.45) is 0 Å². The second-order valence-corrected chi connectivity index (χ2v) is 1.62. The molecule has 0 aliphatic rings. The lowest BCUT2D eigenvalue weighted by Gasteiger charge is -1.95. The Balaban J connectivity index is 3.30. The maximum absolute atomic E-state index is 10.5. The van der Waals surface area contributed by atoms with E-state index in [9.17, 15) is 9.59 Å². The first kappa shape index (κ1) is 8.88. The van der Waals surface area contributed by atoms with Crippen LogP contribution >= 0.6 is 0 Å². The SMILES string of the molecule is CC=CC(=O)OCCC=O. The number of carbonyl (C=O) groups is 2. The van der Waals surface area contributed by atoms with Gasteiger partial charge in [0.2, 0.25) is 0 Å². The van der Waals surface area contributed by atoms with Crippen molar-refractivity contribution in [3.63, 3.8) is 0 Å². The number of carbonyl (C=O) groups excluding carboxylic acids is 2. The van der Waals surface area contributed by atoms with Gasteiger partial charge in [-0.15, -0.1) is 0 Å². The number of allylic oxidation sites excluding steroid dienone is 1. The maximum Gasteiger partial charge on any atom is 0.330 e. The molecule has 0 aliphatic carbocycles. The van der Waals surface area contributed by atoms with E-state index in [0.717, 1.165) is 0 Å². The normalized spacial score (nSPS) is 9.70. The van der Waals surface area contributed by atoms with Gasteiger partial charge in [-0.3, -0.25) is 0 Å². The molecular weight excluding hydrogens is 132 g/mol. The van der Waals surface area contributed by atoms with E-state index >= 15 is 0 Å². The molecule has 0 bridgehead atoms. The van der Waals surface area contributed by atoms with Gasteiger partial charge < -0.3 is 9.53 Å². The van der Waals surface area contributed by atoms with Gasteiger partial charge in [0.25, 0.3) is 0 Å². The Morgan fingerprint density at radius 1 is 1.60 bits per heavy atom. The van der Waals surface area contributed by atoms with E-state index in [1.54, 1.807) is 13.0 Å². The summed E-state index contributed by atoms with van der Waals surface area (Å²) in [6.07, 6.45) is 3.88. The monoisotopic (exact) mass is 142 g/mol. The summed E-state index contributed by atoms with van der Waals surface area (Å²) < 4.78 is 4.57. The standard InChI is InChI=1S/C7H10O3/c1-2-4-7(9)10-6-3-5-8/h2,4-5H,3,6H2,1H3. The van der Waals surface area contributed by atoms with Crippen LogP contribution in [0.3, 0.4) is 0 Å². The summed E-state index contributed by atoms with van der Waals surface area (Å²) in [5.74, 6) is -0.399. The van der Waals surface area contributed by atoms with Gasteiger partial charge in [0.1, 0.15) is 6.29 Å². The van der Waals surface area contributed by atoms with Crippen molar-refractivity contribution >= 4 is 12.3 Å². The predicted molar refractivity (Wildman–Crippen MR) is 36.5 cm³/mol. The summed E-state index contributed by atoms with van der Waals surface area (Å²) in [6, 6.07) is 0. The van der Waals surface area contributed by atoms with Crippen LogP contribution in [0.5, 0.6) is 0 Å². The molecule has 10 heavy (non-hydrogen) atoms. The Hall–Kier alpha value is -1.12. The maximum atomic E-state index is 10.5. The van der Waals surface area contributed by atoms with Crippen molar-refractivity contribution in [2.45, 2.75) is 13.3 Å². The van der Waals surface area contributed by atoms with E-state index in [-0.39, 0.29) is 13.0 Å². The van der Waals surface area contributed by atoms with Crippen molar-refractivity contribution in [3.05, 3.63) is 12.2 Å². The summed E-state index contributed by atoms with van der Waals surface area (Å²) >= 11 is 0. The summed E-state index contributed by atoms with van der Waals surface area (Å²) in [7, 11) is 0. The molecule has 0 aromatic carbocycles. The molecule has 0 rings (SSSR count). The lowest BCUT2D eigenvalue weighted by molar-refractivity contribution is -0.138. The third-order valence-electron chi connectivity index (χ3n) is 0.783. The van der Waals surface area contributed by atoms with Crippen LogP contribution in [0.2, 0.25) is 0 Å². The molecule has 0 N–H and O–H groups in total. The Morgan fingerprint density at radius 3 is 2.80 bits per heavy atom. The van der Waals surface area contributed by atoms with Crippen LogP contribution in [0.1, 0.15) is 13.3 Å². The quantitative estimate of drug-likeness (QED) is 0.251. The number of aldehydes is 1. The fourth-order valence-corrected chi connectivity index (χ4v) is 0.392. The third-order valence-corrected chi connectivity index (χ3v) is 0.783. The van der Waals surface area contributed by atoms with Crippen LogP contribution in [-0.2, 0) is 14.3 Å². The molecule has 0 radical (unpaired) electrons. The van der Waals surface area contributed by atoms with Gasteiger partial charge in [0.05, 0.1) is 6.61 Å². The van der Waals surface area contributed by atoms with Gasteiger partial charge in [0, 0.05) is 12.5 Å². The molecule has 0 aromatic heterocycles. The molecule has 3 nitrogen and oxygen atoms in total. The Morgan fingerprint density at radius 2 is 2.30 bits per heavy atom. The van der Waals surface area contributed by atoms with Crippen molar-refractivity contribution in [2.75, 3.05) is 6.61 Å². The Kier molecular flexibility index (Phi) is 5.33. The summed E-state index contributed by atoms with van der Waals surface area (Å²) in [4.78, 5) is 20.2. The molecule has 0 atom stereocenters. The van der Waals surface area contributed by atoms with Crippen LogP contribution < -0.4 is 0 Å². The molecule has 0 fully saturated rings. The summed E-state index contributed by atoms with van der Waals surface area (Å²) in [5.41, 5.74) is 0. The fraction of sp³-hybridized carbons (Fsp3) is 0.429. The molecule has 0 saturated heterocycles. The highest BCUT2D eigenvalue weighted by Gasteiger charge is 1.92. The Labute approximate surface area is 59.7 Å². The van der Waals surface area contributed by atoms with Gasteiger partial charge >= 0.3 is 5.97 Å². The molecule has 0 aromatic rings. The highest BCUT2D eigenvalue weighted by atomic mass is 16.5. The first-order chi connectivity index (χ1) is 4.81. The Bertz CT molecular complexity index is 138. The van der Waals surface area contributed by atoms with E-state index in [4.69, 9.17) is 0 Å². The largest absolute Gasteiger partial charge is 0.462 e. The van der Waals surface area contributed by atoms with Crippen LogP contribution in [0.25, 0.3) is 0 Å². The van der Waals surface area contributed by atoms with E-state index in [2.05, 4.69) is 4.74 Å². The minimum absolute atomic E-state index is 0.173. The first-order valence-corrected chi connectivity index (χ1v) is 3.04. The molecule has 0 aliphatic heterocycles. The van der Waals surface area contributed by atoms with Gasteiger partial charge in [-0.1, -0.05) is 6.08 Å². The molecule has 0 spiro atoms. The van der Waals surface area contributed by atoms with Crippen molar-refractivity contribution in [1.29, 1.82) is 0 Å². The minimum Gasteiger partial charge on any atom is -0.462 e. The van der Waals surface area contributed by atoms with Gasteiger partial charge in [-0.2, -0.15) is 0 Å². The second kappa shape index (κ2) is 6.01. The van der Waals surface area contributed by atoms with Crippen LogP contribution in [-0.4, -0.2) is 18.9 Å². The van der Waals surface area contributed by atoms with Gasteiger partial charge in [0.15, 0.2) is 0 Å². The zero-order valence-corrected chi connectivity index (χ0v) is 5.87. The number of rotatable bonds is 4. The fourth-order valence-electron chi connectivity index (χ4n) is 0.392. The number of esters is 1. The smallest absolute Gasteiger partial charge is 0.330 e. The van der Waals surface area contributed by atoms with Crippen molar-refractivity contribution in [3.8, 4) is 0 Å². The summed E-state index contributed by atoms with van der Waals surface area (Å²) in [6.45, 7) is 1.90. The summed E-state index contributed by atoms with van der Waals surface area (Å²) in [5, 5.41) is 0. The van der Waals surface area contributed by atoms with Gasteiger partial charge in [-0.05, 0) is 6.92 Å². The highest BCUT2D eigenvalue weighted by molar-refractivity contribution is 5.81. The molecule has 0 amide bonds. The zero-order chi connectivity index (χ0) is 7.82. The molecule has 0 unspecified atom stereocenters. The second-order valence-electron chi connectivity index (χ2n) is 1.62. The molecule has 0 heterocycles. The average Bonchev–Trinajstić information content (AvgIpc) is 1.89. The highest BCUT2D eigenvalue weighted by Crippen LogP contribution is 1.82. The lowest BCUT2D eigenvalue weighted by Crippen LogP contribution is -2.01. The van der Waals surface area contributed by atoms with Crippen LogP contribution in [0.4, 0.5) is 0 Å². The van der Waals surface area contributed by atoms with Crippen molar-refractivity contribution in [1.82, 2.24) is 0 Å². The zero-order valence-electron chi connectivity index (χ0n) is 5.87. The van der Waals surface area contributed by atoms with E-state index in [1.807, 2.05) is 0 Å². The average molecular weight is 142 g/mol. The molecular formula is C7H10O3. The number of hydrogen-bond donors (Lipinski definition) is 0. The van der Waals surface area contributed by atoms with Gasteiger partial charge in [-0.25, -0.2) is 4.79 Å². The third kappa shape index (κ3) is 5.03. The number of hydrogen-bond acceptors (Lipinski definition) is 3. The lowest BCUT2D eigenvalue weighted by atomic mass is 10.5. The number of ether oxygens (including phenoxy) is 1. The predicted octanol–water partition coefficient (Wildman–Crippen LogP) is 0.695. The molecule has 3 heteroatoms. The molecule has 56 valence electrons. The van der Waals surface area contributed by atoms with E-state index in [1.165, 1.54) is 6.08 Å². The minimum atomic E-state index is -0.399. The van der Waals surface area contributed by atoms with Crippen LogP contribution in [0, 0.1) is 0 Å². The first-order valence-electron chi connectivity index (χ1n) is 3.04. The topological polar surface area (TPSA) is 43.4 Å².